The van der Waals surface area contributed by atoms with E-state index in [0.29, 0.717) is 6.42 Å². The summed E-state index contributed by atoms with van der Waals surface area (Å²) in [6.45, 7) is 7.93. The molecule has 2 saturated heterocycles. The van der Waals surface area contributed by atoms with E-state index in [1.54, 1.807) is 0 Å². The molecule has 6 aliphatic rings. The van der Waals surface area contributed by atoms with E-state index in [1.165, 1.54) is 7.11 Å². The van der Waals surface area contributed by atoms with Gasteiger partial charge in [-0.05, 0) is 30.3 Å². The van der Waals surface area contributed by atoms with Crippen LogP contribution in [0.5, 0.6) is 0 Å². The molecule has 0 aromatic carbocycles. The van der Waals surface area contributed by atoms with Gasteiger partial charge < -0.3 is 29.9 Å². The summed E-state index contributed by atoms with van der Waals surface area (Å²) >= 11 is 0. The average Bonchev–Trinajstić information content (AvgIpc) is 2.73. The Balaban J connectivity index is 1.85. The number of methoxy groups -OCH3 is 1. The molecule has 2 spiro atoms. The first-order valence-corrected chi connectivity index (χ1v) is 10.2. The second-order valence-corrected chi connectivity index (χ2v) is 10.3. The minimum atomic E-state index is -2.35. The van der Waals surface area contributed by atoms with E-state index < -0.39 is 64.8 Å². The molecule has 10 atom stereocenters. The van der Waals surface area contributed by atoms with E-state index >= 15 is 0 Å². The van der Waals surface area contributed by atoms with Crippen LogP contribution in [0.3, 0.4) is 0 Å². The Labute approximate surface area is 164 Å². The smallest absolute Gasteiger partial charge is 0.211 e. The third-order valence-corrected chi connectivity index (χ3v) is 9.01. The second-order valence-electron chi connectivity index (χ2n) is 10.3. The van der Waals surface area contributed by atoms with Crippen molar-refractivity contribution in [2.24, 2.45) is 34.0 Å². The maximum atomic E-state index is 13.5. The zero-order valence-corrected chi connectivity index (χ0v) is 16.6. The topological polar surface area (TPSA) is 116 Å². The van der Waals surface area contributed by atoms with Crippen molar-refractivity contribution in [3.8, 4) is 0 Å². The van der Waals surface area contributed by atoms with Crippen LogP contribution in [0.15, 0.2) is 12.2 Å². The van der Waals surface area contributed by atoms with Crippen molar-refractivity contribution in [3.05, 3.63) is 12.2 Å². The predicted octanol–water partition coefficient (Wildman–Crippen LogP) is 0.348. The van der Waals surface area contributed by atoms with Gasteiger partial charge in [0.1, 0.15) is 11.5 Å². The Kier molecular flexibility index (Phi) is 3.59. The average molecular weight is 394 g/mol. The maximum absolute atomic E-state index is 13.5. The third-order valence-electron chi connectivity index (χ3n) is 9.01. The monoisotopic (exact) mass is 394 g/mol. The lowest BCUT2D eigenvalue weighted by Gasteiger charge is -2.75. The van der Waals surface area contributed by atoms with Gasteiger partial charge in [-0.1, -0.05) is 26.8 Å². The number of Topliss-reactive ketones (excluding diaryl/α,β-unsaturated/α-hetero) is 1. The Hall–Kier alpha value is -0.830. The molecule has 0 aromatic heterocycles. The van der Waals surface area contributed by atoms with Crippen molar-refractivity contribution in [3.63, 3.8) is 0 Å². The summed E-state index contributed by atoms with van der Waals surface area (Å²) in [6.07, 6.45) is -2.05. The van der Waals surface area contributed by atoms with E-state index in [4.69, 9.17) is 9.47 Å². The Bertz CT molecular complexity index is 764. The van der Waals surface area contributed by atoms with Gasteiger partial charge >= 0.3 is 0 Å². The number of aliphatic hydroxyl groups excluding tert-OH is 3. The van der Waals surface area contributed by atoms with E-state index in [1.807, 2.05) is 13.8 Å². The van der Waals surface area contributed by atoms with Crippen LogP contribution in [0.25, 0.3) is 0 Å². The quantitative estimate of drug-likeness (QED) is 0.474. The highest BCUT2D eigenvalue weighted by molar-refractivity contribution is 6.05. The van der Waals surface area contributed by atoms with Gasteiger partial charge in [0.25, 0.3) is 0 Å². The van der Waals surface area contributed by atoms with Crippen molar-refractivity contribution in [1.82, 2.24) is 0 Å². The number of ether oxygens (including phenoxy) is 2. The number of ketones is 1. The number of carbonyl (C=O) groups excluding carboxylic acids is 1. The maximum Gasteiger partial charge on any atom is 0.211 e. The van der Waals surface area contributed by atoms with Crippen LogP contribution in [-0.4, -0.2) is 63.7 Å². The summed E-state index contributed by atoms with van der Waals surface area (Å²) in [7, 11) is 1.48. The van der Waals surface area contributed by atoms with Crippen LogP contribution >= 0.6 is 0 Å². The molecule has 7 nitrogen and oxygen atoms in total. The van der Waals surface area contributed by atoms with Crippen LogP contribution in [0, 0.1) is 34.0 Å². The number of fused-ring (bicyclic) bond motifs is 2. The fraction of sp³-hybridized carbons (Fsp3) is 0.857. The molecule has 2 heterocycles. The third kappa shape index (κ3) is 1.62. The molecule has 4 bridgehead atoms. The van der Waals surface area contributed by atoms with Gasteiger partial charge in [-0.25, -0.2) is 0 Å². The first kappa shape index (κ1) is 19.2. The molecule has 2 aliphatic heterocycles. The van der Waals surface area contributed by atoms with E-state index in [2.05, 4.69) is 6.58 Å². The number of hydrogen-bond donors (Lipinski definition) is 4. The summed E-state index contributed by atoms with van der Waals surface area (Å²) in [5.74, 6) is -4.73. The van der Waals surface area contributed by atoms with Gasteiger partial charge in [-0.3, -0.25) is 4.79 Å². The number of rotatable bonds is 1. The molecule has 0 amide bonds. The molecule has 4 saturated carbocycles. The zero-order valence-electron chi connectivity index (χ0n) is 16.6. The molecule has 0 unspecified atom stereocenters. The van der Waals surface area contributed by atoms with Crippen LogP contribution < -0.4 is 0 Å². The lowest BCUT2D eigenvalue weighted by molar-refractivity contribution is -0.506. The minimum absolute atomic E-state index is 0.197. The molecule has 0 aromatic rings. The van der Waals surface area contributed by atoms with Gasteiger partial charge in [0.2, 0.25) is 5.79 Å². The molecule has 6 fully saturated rings. The SMILES string of the molecule is C=C1C(=O)[C@]23[C@H](O)[C@@H]1C[C@H](O)[C@H]2[C@]12CCCC(C)(C)[C@H]1[C@H](O)[C@@]3(O)O[C@@H]2OC. The normalized spacial score (nSPS) is 59.2. The van der Waals surface area contributed by atoms with Gasteiger partial charge in [-0.2, -0.15) is 0 Å². The highest BCUT2D eigenvalue weighted by Gasteiger charge is 2.89. The fourth-order valence-electron chi connectivity index (χ4n) is 8.30. The van der Waals surface area contributed by atoms with E-state index in [-0.39, 0.29) is 17.4 Å². The summed E-state index contributed by atoms with van der Waals surface area (Å²) in [5.41, 5.74) is -2.90. The Morgan fingerprint density at radius 1 is 1.14 bits per heavy atom. The molecule has 28 heavy (non-hydrogen) atoms. The predicted molar refractivity (Wildman–Crippen MR) is 96.6 cm³/mol. The van der Waals surface area contributed by atoms with Gasteiger partial charge in [0.15, 0.2) is 12.1 Å². The molecule has 0 radical (unpaired) electrons. The van der Waals surface area contributed by atoms with Gasteiger partial charge in [0, 0.05) is 30.3 Å². The Morgan fingerprint density at radius 2 is 1.82 bits per heavy atom. The molecule has 6 rings (SSSR count). The van der Waals surface area contributed by atoms with Crippen molar-refractivity contribution >= 4 is 5.78 Å². The van der Waals surface area contributed by atoms with Crippen LogP contribution in [0.1, 0.15) is 39.5 Å². The first-order valence-electron chi connectivity index (χ1n) is 10.2. The minimum Gasteiger partial charge on any atom is -0.393 e. The van der Waals surface area contributed by atoms with Crippen molar-refractivity contribution in [1.29, 1.82) is 0 Å². The number of carbonyl (C=O) groups is 1. The van der Waals surface area contributed by atoms with Crippen molar-refractivity contribution < 1.29 is 34.7 Å². The standard InChI is InChI=1S/C21H30O7/c1-9-10-8-11(22)12-19-7-5-6-18(2,3)13(19)16(25)21(26,28-17(19)27-4)20(12,14(9)23)15(10)24/h10-13,15-17,22,24-26H,1,5-8H2,2-4H3/t10-,11+,12+,13-,15-,16+,17+,19-,20+,21-/m1/s1. The van der Waals surface area contributed by atoms with Crippen LogP contribution in [-0.2, 0) is 14.3 Å². The van der Waals surface area contributed by atoms with E-state index in [9.17, 15) is 25.2 Å². The number of hydrogen-bond acceptors (Lipinski definition) is 7. The van der Waals surface area contributed by atoms with Crippen molar-refractivity contribution in [2.75, 3.05) is 7.11 Å². The van der Waals surface area contributed by atoms with Gasteiger partial charge in [0.05, 0.1) is 12.2 Å². The van der Waals surface area contributed by atoms with Crippen LogP contribution in [0.4, 0.5) is 0 Å². The highest BCUT2D eigenvalue weighted by Crippen LogP contribution is 2.77. The zero-order chi connectivity index (χ0) is 20.4. The first-order chi connectivity index (χ1) is 13.0. The number of aliphatic hydroxyl groups is 4. The molecular weight excluding hydrogens is 364 g/mol. The second kappa shape index (κ2) is 5.25. The summed E-state index contributed by atoms with van der Waals surface area (Å²) in [6, 6.07) is 0. The largest absolute Gasteiger partial charge is 0.393 e. The molecule has 4 aliphatic carbocycles. The fourth-order valence-corrected chi connectivity index (χ4v) is 8.30. The van der Waals surface area contributed by atoms with Crippen molar-refractivity contribution in [2.45, 2.75) is 69.9 Å². The molecule has 156 valence electrons. The highest BCUT2D eigenvalue weighted by atomic mass is 16.7. The lowest BCUT2D eigenvalue weighted by Crippen LogP contribution is -2.87. The molecular formula is C21H30O7. The van der Waals surface area contributed by atoms with Gasteiger partial charge in [-0.15, -0.1) is 0 Å². The molecule has 7 heteroatoms. The lowest BCUT2D eigenvalue weighted by atomic mass is 9.35. The molecule has 4 N–H and O–H groups in total. The summed E-state index contributed by atoms with van der Waals surface area (Å²) in [4.78, 5) is 13.5. The Morgan fingerprint density at radius 3 is 2.46 bits per heavy atom. The summed E-state index contributed by atoms with van der Waals surface area (Å²) < 4.78 is 11.6. The van der Waals surface area contributed by atoms with Crippen LogP contribution in [0.2, 0.25) is 0 Å². The van der Waals surface area contributed by atoms with E-state index in [0.717, 1.165) is 12.8 Å². The summed E-state index contributed by atoms with van der Waals surface area (Å²) in [5, 5.41) is 45.8.